The summed E-state index contributed by atoms with van der Waals surface area (Å²) in [5.74, 6) is 2.14. The van der Waals surface area contributed by atoms with Crippen LogP contribution in [0.5, 0.6) is 0 Å². The zero-order valence-corrected chi connectivity index (χ0v) is 11.0. The van der Waals surface area contributed by atoms with Crippen molar-refractivity contribution in [3.63, 3.8) is 0 Å². The molecule has 0 spiro atoms. The van der Waals surface area contributed by atoms with Crippen LogP contribution in [0.1, 0.15) is 11.5 Å². The molecule has 0 saturated heterocycles. The molecule has 0 aliphatic carbocycles. The second-order valence-electron chi connectivity index (χ2n) is 4.03. The predicted molar refractivity (Wildman–Crippen MR) is 72.8 cm³/mol. The Labute approximate surface area is 109 Å². The van der Waals surface area contributed by atoms with Crippen molar-refractivity contribution in [2.24, 2.45) is 5.73 Å². The predicted octanol–water partition coefficient (Wildman–Crippen LogP) is 2.02. The number of fused-ring (bicyclic) bond motifs is 1. The van der Waals surface area contributed by atoms with E-state index in [9.17, 15) is 4.79 Å². The summed E-state index contributed by atoms with van der Waals surface area (Å²) in [5, 5.41) is 8.69. The third kappa shape index (κ3) is 3.18. The monoisotopic (exact) mass is 269 g/mol. The average molecular weight is 269 g/mol. The summed E-state index contributed by atoms with van der Waals surface area (Å²) in [5.41, 5.74) is 6.87. The Balaban J connectivity index is 1.84. The highest BCUT2D eigenvalue weighted by Crippen LogP contribution is 2.40. The van der Waals surface area contributed by atoms with Gasteiger partial charge in [-0.3, -0.25) is 4.79 Å². The molecule has 1 heterocycles. The highest BCUT2D eigenvalue weighted by Gasteiger charge is 2.23. The van der Waals surface area contributed by atoms with Crippen molar-refractivity contribution >= 4 is 29.5 Å². The van der Waals surface area contributed by atoms with Gasteiger partial charge in [-0.2, -0.15) is 11.8 Å². The van der Waals surface area contributed by atoms with Crippen molar-refractivity contribution in [1.29, 1.82) is 0 Å². The molecule has 1 aliphatic rings. The number of rotatable bonds is 5. The molecule has 2 unspecified atom stereocenters. The first-order chi connectivity index (χ1) is 8.18. The second-order valence-corrected chi connectivity index (χ2v) is 6.16. The standard InChI is InChI=1S/C12H15NO2S2/c13-10(12(14)15)7-16-5-8-6-17-11-4-2-1-3-9(8)11/h1-4,8,10H,5-7,13H2,(H,14,15). The molecule has 0 bridgehead atoms. The van der Waals surface area contributed by atoms with Gasteiger partial charge in [0.1, 0.15) is 6.04 Å². The Hall–Kier alpha value is -0.650. The molecule has 1 aliphatic heterocycles. The van der Waals surface area contributed by atoms with Gasteiger partial charge in [0.25, 0.3) is 0 Å². The van der Waals surface area contributed by atoms with Gasteiger partial charge >= 0.3 is 5.97 Å². The van der Waals surface area contributed by atoms with Crippen LogP contribution in [0.4, 0.5) is 0 Å². The van der Waals surface area contributed by atoms with Crippen molar-refractivity contribution in [3.05, 3.63) is 29.8 Å². The molecule has 5 heteroatoms. The largest absolute Gasteiger partial charge is 0.480 e. The lowest BCUT2D eigenvalue weighted by Gasteiger charge is -2.11. The first-order valence-electron chi connectivity index (χ1n) is 5.46. The van der Waals surface area contributed by atoms with Gasteiger partial charge in [0.05, 0.1) is 0 Å². The SMILES string of the molecule is NC(CSCC1CSc2ccccc21)C(=O)O. The van der Waals surface area contributed by atoms with E-state index in [-0.39, 0.29) is 0 Å². The van der Waals surface area contributed by atoms with Crippen LogP contribution < -0.4 is 5.73 Å². The van der Waals surface area contributed by atoms with E-state index in [0.717, 1.165) is 11.5 Å². The smallest absolute Gasteiger partial charge is 0.321 e. The van der Waals surface area contributed by atoms with Crippen LogP contribution in [0.2, 0.25) is 0 Å². The van der Waals surface area contributed by atoms with Crippen molar-refractivity contribution < 1.29 is 9.90 Å². The molecular formula is C12H15NO2S2. The summed E-state index contributed by atoms with van der Waals surface area (Å²) in [6.45, 7) is 0. The Morgan fingerprint density at radius 2 is 2.35 bits per heavy atom. The molecule has 0 amide bonds. The van der Waals surface area contributed by atoms with E-state index in [4.69, 9.17) is 10.8 Å². The molecule has 2 rings (SSSR count). The summed E-state index contributed by atoms with van der Waals surface area (Å²) >= 11 is 3.51. The minimum absolute atomic E-state index is 0.485. The second kappa shape index (κ2) is 5.80. The molecule has 0 radical (unpaired) electrons. The van der Waals surface area contributed by atoms with Gasteiger partial charge < -0.3 is 10.8 Å². The number of benzene rings is 1. The first kappa shape index (κ1) is 12.8. The number of thioether (sulfide) groups is 2. The maximum Gasteiger partial charge on any atom is 0.321 e. The fraction of sp³-hybridized carbons (Fsp3) is 0.417. The van der Waals surface area contributed by atoms with Crippen LogP contribution in [0, 0.1) is 0 Å². The fourth-order valence-electron chi connectivity index (χ4n) is 1.78. The first-order valence-corrected chi connectivity index (χ1v) is 7.60. The number of carbonyl (C=O) groups is 1. The lowest BCUT2D eigenvalue weighted by atomic mass is 10.0. The van der Waals surface area contributed by atoms with Gasteiger partial charge in [0, 0.05) is 28.1 Å². The zero-order valence-electron chi connectivity index (χ0n) is 9.33. The summed E-state index contributed by atoms with van der Waals surface area (Å²) < 4.78 is 0. The fourth-order valence-corrected chi connectivity index (χ4v) is 4.29. The highest BCUT2D eigenvalue weighted by molar-refractivity contribution is 8.00. The minimum atomic E-state index is -0.918. The normalized spacial score (nSPS) is 19.9. The van der Waals surface area contributed by atoms with Crippen LogP contribution in [0.15, 0.2) is 29.2 Å². The Kier molecular flexibility index (Phi) is 4.36. The van der Waals surface area contributed by atoms with E-state index >= 15 is 0 Å². The lowest BCUT2D eigenvalue weighted by molar-refractivity contribution is -0.137. The van der Waals surface area contributed by atoms with Crippen molar-refractivity contribution in [2.45, 2.75) is 16.9 Å². The number of aliphatic carboxylic acids is 1. The molecular weight excluding hydrogens is 254 g/mol. The molecule has 17 heavy (non-hydrogen) atoms. The van der Waals surface area contributed by atoms with Crippen LogP contribution in [-0.4, -0.2) is 34.4 Å². The maximum atomic E-state index is 10.6. The molecule has 92 valence electrons. The molecule has 3 nitrogen and oxygen atoms in total. The molecule has 0 saturated carbocycles. The van der Waals surface area contributed by atoms with E-state index in [1.54, 1.807) is 11.8 Å². The van der Waals surface area contributed by atoms with Gasteiger partial charge in [-0.05, 0) is 11.6 Å². The molecule has 1 aromatic rings. The number of carboxylic acid groups (broad SMARTS) is 1. The van der Waals surface area contributed by atoms with Crippen molar-refractivity contribution in [1.82, 2.24) is 0 Å². The highest BCUT2D eigenvalue weighted by atomic mass is 32.2. The number of nitrogens with two attached hydrogens (primary N) is 1. The zero-order chi connectivity index (χ0) is 12.3. The van der Waals surface area contributed by atoms with E-state index in [1.807, 2.05) is 11.8 Å². The summed E-state index contributed by atoms with van der Waals surface area (Å²) in [7, 11) is 0. The topological polar surface area (TPSA) is 63.3 Å². The van der Waals surface area contributed by atoms with Gasteiger partial charge in [0.2, 0.25) is 0 Å². The Bertz CT molecular complexity index is 411. The van der Waals surface area contributed by atoms with Crippen molar-refractivity contribution in [2.75, 3.05) is 17.3 Å². The third-order valence-corrected chi connectivity index (χ3v) is 5.22. The average Bonchev–Trinajstić information content (AvgIpc) is 2.72. The van der Waals surface area contributed by atoms with Gasteiger partial charge in [-0.15, -0.1) is 11.8 Å². The van der Waals surface area contributed by atoms with Crippen LogP contribution in [0.3, 0.4) is 0 Å². The molecule has 1 aromatic carbocycles. The lowest BCUT2D eigenvalue weighted by Crippen LogP contribution is -2.32. The summed E-state index contributed by atoms with van der Waals surface area (Å²) in [6, 6.07) is 7.68. The molecule has 3 N–H and O–H groups in total. The number of hydrogen-bond donors (Lipinski definition) is 2. The van der Waals surface area contributed by atoms with Crippen LogP contribution in [0.25, 0.3) is 0 Å². The van der Waals surface area contributed by atoms with Crippen molar-refractivity contribution in [3.8, 4) is 0 Å². The van der Waals surface area contributed by atoms with Gasteiger partial charge in [0.15, 0.2) is 0 Å². The summed E-state index contributed by atoms with van der Waals surface area (Å²) in [6.07, 6.45) is 0. The van der Waals surface area contributed by atoms with Crippen LogP contribution >= 0.6 is 23.5 Å². The minimum Gasteiger partial charge on any atom is -0.480 e. The Morgan fingerprint density at radius 1 is 1.59 bits per heavy atom. The van der Waals surface area contributed by atoms with E-state index in [1.165, 1.54) is 10.5 Å². The third-order valence-electron chi connectivity index (χ3n) is 2.73. The molecule has 0 fully saturated rings. The molecule has 2 atom stereocenters. The number of hydrogen-bond acceptors (Lipinski definition) is 4. The molecule has 0 aromatic heterocycles. The summed E-state index contributed by atoms with van der Waals surface area (Å²) in [4.78, 5) is 11.9. The van der Waals surface area contributed by atoms with E-state index < -0.39 is 12.0 Å². The van der Waals surface area contributed by atoms with Gasteiger partial charge in [-0.1, -0.05) is 18.2 Å². The van der Waals surface area contributed by atoms with Gasteiger partial charge in [-0.25, -0.2) is 0 Å². The van der Waals surface area contributed by atoms with Crippen LogP contribution in [-0.2, 0) is 4.79 Å². The number of carboxylic acids is 1. The maximum absolute atomic E-state index is 10.6. The quantitative estimate of drug-likeness (QED) is 0.856. The van der Waals surface area contributed by atoms with E-state index in [0.29, 0.717) is 11.7 Å². The Morgan fingerprint density at radius 3 is 3.12 bits per heavy atom. The van der Waals surface area contributed by atoms with E-state index in [2.05, 4.69) is 24.3 Å².